The van der Waals surface area contributed by atoms with Crippen molar-refractivity contribution in [2.75, 3.05) is 6.61 Å². The van der Waals surface area contributed by atoms with Crippen molar-refractivity contribution in [3.8, 4) is 0 Å². The standard InChI is InChI=1S/C12H16O2/c1-9(2)7-10-3-5-11(6-4-10)12(14)8-13/h3-6,9,13H,7-8H2,1-2H3. The molecule has 2 nitrogen and oxygen atoms in total. The van der Waals surface area contributed by atoms with Gasteiger partial charge in [-0.3, -0.25) is 4.79 Å². The number of carbonyl (C=O) groups is 1. The van der Waals surface area contributed by atoms with Crippen LogP contribution in [0.5, 0.6) is 0 Å². The van der Waals surface area contributed by atoms with Crippen molar-refractivity contribution in [2.24, 2.45) is 5.92 Å². The molecule has 0 aliphatic rings. The van der Waals surface area contributed by atoms with E-state index in [1.54, 1.807) is 12.1 Å². The lowest BCUT2D eigenvalue weighted by Crippen LogP contribution is -2.04. The third-order valence-electron chi connectivity index (χ3n) is 2.06. The summed E-state index contributed by atoms with van der Waals surface area (Å²) in [5.74, 6) is 0.399. The van der Waals surface area contributed by atoms with Crippen LogP contribution in [0.1, 0.15) is 29.8 Å². The molecule has 0 aliphatic carbocycles. The van der Waals surface area contributed by atoms with Gasteiger partial charge in [-0.1, -0.05) is 38.1 Å². The quantitative estimate of drug-likeness (QED) is 0.741. The number of rotatable bonds is 4. The third kappa shape index (κ3) is 2.96. The van der Waals surface area contributed by atoms with Crippen LogP contribution in [0.4, 0.5) is 0 Å². The van der Waals surface area contributed by atoms with Gasteiger partial charge < -0.3 is 5.11 Å². The van der Waals surface area contributed by atoms with E-state index in [1.807, 2.05) is 12.1 Å². The lowest BCUT2D eigenvalue weighted by molar-refractivity contribution is 0.0904. The summed E-state index contributed by atoms with van der Waals surface area (Å²) >= 11 is 0. The van der Waals surface area contributed by atoms with Crippen LogP contribution in [0.25, 0.3) is 0 Å². The number of ketones is 1. The van der Waals surface area contributed by atoms with Gasteiger partial charge in [0.1, 0.15) is 6.61 Å². The maximum atomic E-state index is 11.1. The fraction of sp³-hybridized carbons (Fsp3) is 0.417. The number of benzene rings is 1. The molecule has 1 aromatic rings. The van der Waals surface area contributed by atoms with Gasteiger partial charge in [0, 0.05) is 5.56 Å². The Morgan fingerprint density at radius 1 is 1.29 bits per heavy atom. The molecule has 1 N–H and O–H groups in total. The number of aliphatic hydroxyl groups excluding tert-OH is 1. The third-order valence-corrected chi connectivity index (χ3v) is 2.06. The molecular weight excluding hydrogens is 176 g/mol. The molecule has 0 heterocycles. The fourth-order valence-corrected chi connectivity index (χ4v) is 1.39. The Morgan fingerprint density at radius 3 is 2.29 bits per heavy atom. The molecule has 0 amide bonds. The van der Waals surface area contributed by atoms with Gasteiger partial charge in [-0.25, -0.2) is 0 Å². The minimum Gasteiger partial charge on any atom is -0.388 e. The van der Waals surface area contributed by atoms with Crippen molar-refractivity contribution in [1.82, 2.24) is 0 Å². The summed E-state index contributed by atoms with van der Waals surface area (Å²) in [5, 5.41) is 8.65. The number of Topliss-reactive ketones (excluding diaryl/α,β-unsaturated/α-hetero) is 1. The SMILES string of the molecule is CC(C)Cc1ccc(C(=O)CO)cc1. The molecule has 0 saturated carbocycles. The van der Waals surface area contributed by atoms with Crippen molar-refractivity contribution in [1.29, 1.82) is 0 Å². The molecule has 0 radical (unpaired) electrons. The van der Waals surface area contributed by atoms with Crippen LogP contribution in [-0.4, -0.2) is 17.5 Å². The topological polar surface area (TPSA) is 37.3 Å². The molecule has 0 aromatic heterocycles. The minimum absolute atomic E-state index is 0.221. The van der Waals surface area contributed by atoms with E-state index in [0.29, 0.717) is 11.5 Å². The van der Waals surface area contributed by atoms with Crippen LogP contribution in [0, 0.1) is 5.92 Å². The van der Waals surface area contributed by atoms with Gasteiger partial charge in [-0.15, -0.1) is 0 Å². The smallest absolute Gasteiger partial charge is 0.188 e. The Kier molecular flexibility index (Phi) is 3.84. The Hall–Kier alpha value is -1.15. The lowest BCUT2D eigenvalue weighted by Gasteiger charge is -2.05. The summed E-state index contributed by atoms with van der Waals surface area (Å²) in [6, 6.07) is 7.44. The molecule has 0 bridgehead atoms. The largest absolute Gasteiger partial charge is 0.388 e. The van der Waals surface area contributed by atoms with Gasteiger partial charge >= 0.3 is 0 Å². The molecule has 0 saturated heterocycles. The van der Waals surface area contributed by atoms with E-state index in [9.17, 15) is 4.79 Å². The average Bonchev–Trinajstić information content (AvgIpc) is 2.17. The van der Waals surface area contributed by atoms with Crippen molar-refractivity contribution in [3.05, 3.63) is 35.4 Å². The maximum absolute atomic E-state index is 11.1. The van der Waals surface area contributed by atoms with E-state index in [0.717, 1.165) is 6.42 Å². The maximum Gasteiger partial charge on any atom is 0.188 e. The highest BCUT2D eigenvalue weighted by atomic mass is 16.3. The van der Waals surface area contributed by atoms with E-state index in [4.69, 9.17) is 5.11 Å². The lowest BCUT2D eigenvalue weighted by atomic mass is 10.0. The summed E-state index contributed by atoms with van der Waals surface area (Å²) in [6.07, 6.45) is 1.02. The molecule has 14 heavy (non-hydrogen) atoms. The second kappa shape index (κ2) is 4.91. The van der Waals surface area contributed by atoms with Crippen molar-refractivity contribution in [3.63, 3.8) is 0 Å². The van der Waals surface area contributed by atoms with Gasteiger partial charge in [0.25, 0.3) is 0 Å². The van der Waals surface area contributed by atoms with Crippen LogP contribution in [0.2, 0.25) is 0 Å². The fourth-order valence-electron chi connectivity index (χ4n) is 1.39. The Labute approximate surface area is 84.6 Å². The van der Waals surface area contributed by atoms with Crippen LogP contribution < -0.4 is 0 Å². The number of hydrogen-bond acceptors (Lipinski definition) is 2. The molecule has 0 atom stereocenters. The van der Waals surface area contributed by atoms with Crippen molar-refractivity contribution >= 4 is 5.78 Å². The Bertz CT molecular complexity index is 299. The van der Waals surface area contributed by atoms with Crippen LogP contribution >= 0.6 is 0 Å². The molecule has 0 fully saturated rings. The second-order valence-electron chi connectivity index (χ2n) is 3.88. The highest BCUT2D eigenvalue weighted by Crippen LogP contribution is 2.09. The van der Waals surface area contributed by atoms with E-state index in [2.05, 4.69) is 13.8 Å². The molecule has 0 aliphatic heterocycles. The number of hydrogen-bond donors (Lipinski definition) is 1. The summed E-state index contributed by atoms with van der Waals surface area (Å²) in [4.78, 5) is 11.1. The zero-order valence-corrected chi connectivity index (χ0v) is 8.66. The number of carbonyl (C=O) groups excluding carboxylic acids is 1. The van der Waals surface area contributed by atoms with Crippen LogP contribution in [0.3, 0.4) is 0 Å². The van der Waals surface area contributed by atoms with Crippen molar-refractivity contribution in [2.45, 2.75) is 20.3 Å². The number of aliphatic hydroxyl groups is 1. The molecule has 0 spiro atoms. The van der Waals surface area contributed by atoms with Gasteiger partial charge in [-0.2, -0.15) is 0 Å². The summed E-state index contributed by atoms with van der Waals surface area (Å²) in [7, 11) is 0. The van der Waals surface area contributed by atoms with Gasteiger partial charge in [0.2, 0.25) is 0 Å². The zero-order valence-electron chi connectivity index (χ0n) is 8.66. The van der Waals surface area contributed by atoms with E-state index in [-0.39, 0.29) is 5.78 Å². The summed E-state index contributed by atoms with van der Waals surface area (Å²) < 4.78 is 0. The predicted molar refractivity (Wildman–Crippen MR) is 56.4 cm³/mol. The second-order valence-corrected chi connectivity index (χ2v) is 3.88. The molecule has 2 heteroatoms. The highest BCUT2D eigenvalue weighted by Gasteiger charge is 2.03. The van der Waals surface area contributed by atoms with Gasteiger partial charge in [0.15, 0.2) is 5.78 Å². The molecular formula is C12H16O2. The Morgan fingerprint density at radius 2 is 1.86 bits per heavy atom. The van der Waals surface area contributed by atoms with E-state index in [1.165, 1.54) is 5.56 Å². The molecule has 1 aromatic carbocycles. The van der Waals surface area contributed by atoms with Gasteiger partial charge in [0.05, 0.1) is 0 Å². The van der Waals surface area contributed by atoms with Crippen molar-refractivity contribution < 1.29 is 9.90 Å². The highest BCUT2D eigenvalue weighted by molar-refractivity contribution is 5.96. The Balaban J connectivity index is 2.73. The van der Waals surface area contributed by atoms with Crippen LogP contribution in [0.15, 0.2) is 24.3 Å². The first kappa shape index (κ1) is 10.9. The molecule has 0 unspecified atom stereocenters. The average molecular weight is 192 g/mol. The monoisotopic (exact) mass is 192 g/mol. The first-order chi connectivity index (χ1) is 6.63. The first-order valence-corrected chi connectivity index (χ1v) is 4.86. The summed E-state index contributed by atoms with van der Waals surface area (Å²) in [5.41, 5.74) is 1.81. The molecule has 1 rings (SSSR count). The van der Waals surface area contributed by atoms with E-state index < -0.39 is 6.61 Å². The van der Waals surface area contributed by atoms with Crippen LogP contribution in [-0.2, 0) is 6.42 Å². The molecule has 76 valence electrons. The summed E-state index contributed by atoms with van der Waals surface area (Å²) in [6.45, 7) is 3.91. The first-order valence-electron chi connectivity index (χ1n) is 4.86. The minimum atomic E-state index is -0.413. The zero-order chi connectivity index (χ0) is 10.6. The predicted octanol–water partition coefficient (Wildman–Crippen LogP) is 2.06. The van der Waals surface area contributed by atoms with E-state index >= 15 is 0 Å². The normalized spacial score (nSPS) is 10.6. The van der Waals surface area contributed by atoms with Gasteiger partial charge in [-0.05, 0) is 17.9 Å².